The molecule has 0 N–H and O–H groups in total. The van der Waals surface area contributed by atoms with Crippen molar-refractivity contribution >= 4 is 39.3 Å². The Morgan fingerprint density at radius 2 is 2.10 bits per heavy atom. The van der Waals surface area contributed by atoms with Crippen LogP contribution < -0.4 is 10.5 Å². The van der Waals surface area contributed by atoms with Crippen LogP contribution in [-0.2, 0) is 18.7 Å². The van der Waals surface area contributed by atoms with Crippen molar-refractivity contribution in [2.45, 2.75) is 37.3 Å². The van der Waals surface area contributed by atoms with Crippen LogP contribution in [0.2, 0.25) is 0 Å². The zero-order valence-electron chi connectivity index (χ0n) is 11.9. The van der Waals surface area contributed by atoms with E-state index in [0.717, 1.165) is 41.4 Å². The van der Waals surface area contributed by atoms with Crippen LogP contribution in [0.25, 0.3) is 10.2 Å². The molecule has 2 aliphatic rings. The van der Waals surface area contributed by atoms with Crippen LogP contribution in [0.3, 0.4) is 0 Å². The van der Waals surface area contributed by atoms with E-state index >= 15 is 0 Å². The first-order valence-corrected chi connectivity index (χ1v) is 8.67. The van der Waals surface area contributed by atoms with Crippen LogP contribution in [0.1, 0.15) is 24.3 Å². The van der Waals surface area contributed by atoms with Crippen LogP contribution >= 0.6 is 23.1 Å². The van der Waals surface area contributed by atoms with Gasteiger partial charge >= 0.3 is 0 Å². The van der Waals surface area contributed by atoms with Gasteiger partial charge in [-0.05, 0) is 12.0 Å². The van der Waals surface area contributed by atoms with Gasteiger partial charge in [0, 0.05) is 35.5 Å². The third kappa shape index (κ3) is 1.67. The number of fused-ring (bicyclic) bond motifs is 4. The molecule has 4 heterocycles. The van der Waals surface area contributed by atoms with Crippen molar-refractivity contribution in [1.82, 2.24) is 9.55 Å². The highest BCUT2D eigenvalue weighted by Crippen LogP contribution is 2.44. The number of hydrogen-bond acceptors (Lipinski definition) is 5. The average Bonchev–Trinajstić information content (AvgIpc) is 2.91. The van der Waals surface area contributed by atoms with Crippen LogP contribution in [0.5, 0.6) is 0 Å². The summed E-state index contributed by atoms with van der Waals surface area (Å²) in [6, 6.07) is 0. The fourth-order valence-electron chi connectivity index (χ4n) is 3.06. The first-order valence-electron chi connectivity index (χ1n) is 6.86. The summed E-state index contributed by atoms with van der Waals surface area (Å²) >= 11 is 3.69. The Balaban J connectivity index is 2.03. The summed E-state index contributed by atoms with van der Waals surface area (Å²) in [4.78, 5) is 21.9. The van der Waals surface area contributed by atoms with Gasteiger partial charge in [0.2, 0.25) is 5.95 Å². The molecule has 0 bridgehead atoms. The number of hydrogen-bond donors (Lipinski definition) is 0. The Morgan fingerprint density at radius 3 is 2.90 bits per heavy atom. The Kier molecular flexibility index (Phi) is 2.55. The van der Waals surface area contributed by atoms with Gasteiger partial charge in [0.25, 0.3) is 5.56 Å². The third-order valence-corrected chi connectivity index (χ3v) is 6.84. The molecule has 0 aliphatic carbocycles. The Bertz CT molecular complexity index is 775. The van der Waals surface area contributed by atoms with Crippen LogP contribution in [0, 0.1) is 0 Å². The van der Waals surface area contributed by atoms with E-state index < -0.39 is 0 Å². The predicted molar refractivity (Wildman–Crippen MR) is 86.2 cm³/mol. The topological polar surface area (TPSA) is 38.1 Å². The summed E-state index contributed by atoms with van der Waals surface area (Å²) in [6.45, 7) is 6.16. The number of thioether (sulfide) groups is 1. The van der Waals surface area contributed by atoms with Gasteiger partial charge in [-0.2, -0.15) is 0 Å². The van der Waals surface area contributed by atoms with Crippen LogP contribution in [0.15, 0.2) is 4.79 Å². The molecule has 2 aromatic rings. The quantitative estimate of drug-likeness (QED) is 0.749. The largest absolute Gasteiger partial charge is 0.343 e. The molecule has 2 aliphatic heterocycles. The summed E-state index contributed by atoms with van der Waals surface area (Å²) in [6.07, 6.45) is 0.971. The number of anilines is 1. The minimum Gasteiger partial charge on any atom is -0.343 e. The SMILES string of the molecule is CN1CCn2c1nc1sc3c(c1c2=O)CC(C)(C)SC3. The van der Waals surface area contributed by atoms with E-state index in [9.17, 15) is 4.79 Å². The molecule has 20 heavy (non-hydrogen) atoms. The lowest BCUT2D eigenvalue weighted by Gasteiger charge is -2.28. The Labute approximate surface area is 125 Å². The summed E-state index contributed by atoms with van der Waals surface area (Å²) < 4.78 is 2.05. The second-order valence-corrected chi connectivity index (χ2v) is 8.97. The summed E-state index contributed by atoms with van der Waals surface area (Å²) in [7, 11) is 2.00. The van der Waals surface area contributed by atoms with E-state index in [2.05, 4.69) is 18.7 Å². The van der Waals surface area contributed by atoms with Crippen molar-refractivity contribution in [2.24, 2.45) is 0 Å². The van der Waals surface area contributed by atoms with Gasteiger partial charge < -0.3 is 4.90 Å². The number of likely N-dealkylation sites (N-methyl/N-ethyl adjacent to an activating group) is 1. The molecule has 106 valence electrons. The molecule has 0 aromatic carbocycles. The van der Waals surface area contributed by atoms with Gasteiger partial charge in [0.15, 0.2) is 0 Å². The van der Waals surface area contributed by atoms with Crippen molar-refractivity contribution in [1.29, 1.82) is 0 Å². The van der Waals surface area contributed by atoms with Crippen LogP contribution in [0.4, 0.5) is 5.95 Å². The van der Waals surface area contributed by atoms with Crippen molar-refractivity contribution < 1.29 is 0 Å². The molecule has 0 unspecified atom stereocenters. The van der Waals surface area contributed by atoms with Crippen LogP contribution in [-0.4, -0.2) is 27.9 Å². The Hall–Kier alpha value is -1.01. The molecular formula is C14H17N3OS2. The lowest BCUT2D eigenvalue weighted by atomic mass is 10.00. The molecule has 4 rings (SSSR count). The second-order valence-electron chi connectivity index (χ2n) is 6.20. The predicted octanol–water partition coefficient (Wildman–Crippen LogP) is 2.48. The molecular weight excluding hydrogens is 290 g/mol. The first kappa shape index (κ1) is 12.7. The minimum atomic E-state index is 0.162. The number of thiophene rings is 1. The fraction of sp³-hybridized carbons (Fsp3) is 0.571. The molecule has 4 nitrogen and oxygen atoms in total. The molecule has 0 fully saturated rings. The highest BCUT2D eigenvalue weighted by atomic mass is 32.2. The second kappa shape index (κ2) is 4.01. The smallest absolute Gasteiger partial charge is 0.264 e. The van der Waals surface area contributed by atoms with E-state index in [4.69, 9.17) is 4.98 Å². The zero-order chi connectivity index (χ0) is 14.1. The maximum Gasteiger partial charge on any atom is 0.264 e. The standard InChI is InChI=1S/C14H17N3OS2/c1-14(2)6-8-9(7-19-14)20-11-10(8)12(18)17-5-4-16(3)13(17)15-11/h4-7H2,1-3H3. The van der Waals surface area contributed by atoms with Gasteiger partial charge in [0.1, 0.15) is 4.83 Å². The van der Waals surface area contributed by atoms with Gasteiger partial charge in [-0.3, -0.25) is 9.36 Å². The monoisotopic (exact) mass is 307 g/mol. The highest BCUT2D eigenvalue weighted by molar-refractivity contribution is 8.00. The average molecular weight is 307 g/mol. The maximum atomic E-state index is 12.8. The Morgan fingerprint density at radius 1 is 1.30 bits per heavy atom. The molecule has 0 saturated heterocycles. The molecule has 0 spiro atoms. The summed E-state index contributed by atoms with van der Waals surface area (Å²) in [5, 5.41) is 0.887. The molecule has 6 heteroatoms. The van der Waals surface area contributed by atoms with Gasteiger partial charge in [-0.15, -0.1) is 23.1 Å². The van der Waals surface area contributed by atoms with E-state index in [1.54, 1.807) is 11.3 Å². The fourth-order valence-corrected chi connectivity index (χ4v) is 5.38. The van der Waals surface area contributed by atoms with E-state index in [0.29, 0.717) is 0 Å². The number of nitrogens with zero attached hydrogens (tertiary/aromatic N) is 3. The van der Waals surface area contributed by atoms with E-state index in [1.807, 2.05) is 23.4 Å². The summed E-state index contributed by atoms with van der Waals surface area (Å²) in [5.74, 6) is 1.83. The third-order valence-electron chi connectivity index (χ3n) is 4.17. The molecule has 0 amide bonds. The zero-order valence-corrected chi connectivity index (χ0v) is 13.5. The van der Waals surface area contributed by atoms with Gasteiger partial charge in [-0.25, -0.2) is 4.98 Å². The summed E-state index contributed by atoms with van der Waals surface area (Å²) in [5.41, 5.74) is 1.42. The van der Waals surface area contributed by atoms with Gasteiger partial charge in [-0.1, -0.05) is 13.8 Å². The highest BCUT2D eigenvalue weighted by Gasteiger charge is 2.32. The van der Waals surface area contributed by atoms with E-state index in [1.165, 1.54) is 10.4 Å². The first-order chi connectivity index (χ1) is 9.46. The molecule has 0 atom stereocenters. The minimum absolute atomic E-state index is 0.162. The lowest BCUT2D eigenvalue weighted by molar-refractivity contribution is 0.698. The maximum absolute atomic E-state index is 12.8. The van der Waals surface area contributed by atoms with Gasteiger partial charge in [0.05, 0.1) is 5.39 Å². The van der Waals surface area contributed by atoms with Crippen molar-refractivity contribution in [3.63, 3.8) is 0 Å². The molecule has 0 radical (unpaired) electrons. The van der Waals surface area contributed by atoms with E-state index in [-0.39, 0.29) is 10.3 Å². The number of rotatable bonds is 0. The molecule has 0 saturated carbocycles. The van der Waals surface area contributed by atoms with Crippen molar-refractivity contribution in [2.75, 3.05) is 18.5 Å². The normalized spacial score (nSPS) is 20.2. The van der Waals surface area contributed by atoms with Crippen molar-refractivity contribution in [3.8, 4) is 0 Å². The van der Waals surface area contributed by atoms with Crippen molar-refractivity contribution in [3.05, 3.63) is 20.8 Å². The lowest BCUT2D eigenvalue weighted by Crippen LogP contribution is -2.25. The molecule has 2 aromatic heterocycles. The number of aromatic nitrogens is 2.